The van der Waals surface area contributed by atoms with E-state index in [1.807, 2.05) is 0 Å². The number of piperidine rings is 1. The molecule has 2 rings (SSSR count). The van der Waals surface area contributed by atoms with Crippen LogP contribution >= 0.6 is 0 Å². The van der Waals surface area contributed by atoms with Crippen molar-refractivity contribution in [2.24, 2.45) is 0 Å². The van der Waals surface area contributed by atoms with E-state index in [2.05, 4.69) is 15.3 Å². The van der Waals surface area contributed by atoms with Crippen LogP contribution < -0.4 is 5.32 Å². The van der Waals surface area contributed by atoms with Gasteiger partial charge in [0.05, 0.1) is 19.0 Å². The second-order valence-corrected chi connectivity index (χ2v) is 4.33. The number of hydrogen-bond acceptors (Lipinski definition) is 5. The minimum atomic E-state index is -0.456. The molecule has 0 aliphatic carbocycles. The van der Waals surface area contributed by atoms with Crippen molar-refractivity contribution < 1.29 is 13.9 Å². The molecular weight excluding hydrogens is 251 g/mol. The standard InChI is InChI=1S/C12H17FN4O2/c1-2-19-12(18)17-5-3-10(4-6-17)16-11-14-7-9(13)8-15-11/h7-8,10H,2-6H2,1H3,(H,14,15,16). The molecule has 1 aromatic heterocycles. The van der Waals surface area contributed by atoms with Gasteiger partial charge in [0.1, 0.15) is 0 Å². The van der Waals surface area contributed by atoms with Crippen molar-refractivity contribution in [1.29, 1.82) is 0 Å². The van der Waals surface area contributed by atoms with Crippen molar-refractivity contribution >= 4 is 12.0 Å². The Kier molecular flexibility index (Phi) is 4.48. The van der Waals surface area contributed by atoms with Crippen LogP contribution in [0.2, 0.25) is 0 Å². The van der Waals surface area contributed by atoms with Crippen molar-refractivity contribution in [3.05, 3.63) is 18.2 Å². The van der Waals surface area contributed by atoms with E-state index in [1.54, 1.807) is 11.8 Å². The second-order valence-electron chi connectivity index (χ2n) is 4.33. The lowest BCUT2D eigenvalue weighted by molar-refractivity contribution is 0.0983. The first-order valence-electron chi connectivity index (χ1n) is 6.35. The number of halogens is 1. The zero-order valence-electron chi connectivity index (χ0n) is 10.8. The number of carbonyl (C=O) groups excluding carboxylic acids is 1. The van der Waals surface area contributed by atoms with E-state index in [0.717, 1.165) is 25.2 Å². The number of rotatable bonds is 3. The average molecular weight is 268 g/mol. The minimum absolute atomic E-state index is 0.191. The summed E-state index contributed by atoms with van der Waals surface area (Å²) in [5.41, 5.74) is 0. The molecule has 0 bridgehead atoms. The Hall–Kier alpha value is -1.92. The van der Waals surface area contributed by atoms with Gasteiger partial charge in [-0.15, -0.1) is 0 Å². The molecule has 1 N–H and O–H groups in total. The molecule has 7 heteroatoms. The van der Waals surface area contributed by atoms with Gasteiger partial charge in [-0.25, -0.2) is 19.2 Å². The second kappa shape index (κ2) is 6.31. The number of anilines is 1. The van der Waals surface area contributed by atoms with E-state index in [4.69, 9.17) is 4.74 Å². The molecule has 0 aromatic carbocycles. The van der Waals surface area contributed by atoms with Gasteiger partial charge < -0.3 is 15.0 Å². The molecule has 1 aromatic rings. The molecule has 1 fully saturated rings. The third kappa shape index (κ3) is 3.77. The van der Waals surface area contributed by atoms with Crippen LogP contribution in [0.4, 0.5) is 15.1 Å². The molecule has 0 unspecified atom stereocenters. The fraction of sp³-hybridized carbons (Fsp3) is 0.583. The molecule has 1 aliphatic heterocycles. The van der Waals surface area contributed by atoms with Crippen LogP contribution in [0, 0.1) is 5.82 Å². The monoisotopic (exact) mass is 268 g/mol. The summed E-state index contributed by atoms with van der Waals surface area (Å²) in [5.74, 6) is -0.0429. The normalized spacial score (nSPS) is 16.2. The molecule has 104 valence electrons. The summed E-state index contributed by atoms with van der Waals surface area (Å²) < 4.78 is 17.6. The van der Waals surface area contributed by atoms with Crippen LogP contribution in [0.25, 0.3) is 0 Å². The van der Waals surface area contributed by atoms with E-state index in [1.165, 1.54) is 0 Å². The molecule has 19 heavy (non-hydrogen) atoms. The van der Waals surface area contributed by atoms with Gasteiger partial charge in [-0.1, -0.05) is 0 Å². The quantitative estimate of drug-likeness (QED) is 0.902. The third-order valence-electron chi connectivity index (χ3n) is 2.97. The molecule has 1 amide bonds. The maximum atomic E-state index is 12.7. The summed E-state index contributed by atoms with van der Waals surface area (Å²) in [6, 6.07) is 0.191. The van der Waals surface area contributed by atoms with E-state index < -0.39 is 5.82 Å². The highest BCUT2D eigenvalue weighted by Gasteiger charge is 2.23. The molecule has 1 aliphatic rings. The zero-order chi connectivity index (χ0) is 13.7. The summed E-state index contributed by atoms with van der Waals surface area (Å²) >= 11 is 0. The smallest absolute Gasteiger partial charge is 0.409 e. The van der Waals surface area contributed by atoms with Crippen molar-refractivity contribution in [3.8, 4) is 0 Å². The number of nitrogens with one attached hydrogen (secondary N) is 1. The Morgan fingerprint density at radius 3 is 2.68 bits per heavy atom. The van der Waals surface area contributed by atoms with Crippen LogP contribution in [-0.4, -0.2) is 46.7 Å². The van der Waals surface area contributed by atoms with Gasteiger partial charge in [0.25, 0.3) is 0 Å². The van der Waals surface area contributed by atoms with E-state index in [9.17, 15) is 9.18 Å². The number of likely N-dealkylation sites (tertiary alicyclic amines) is 1. The van der Waals surface area contributed by atoms with Crippen molar-refractivity contribution in [2.45, 2.75) is 25.8 Å². The van der Waals surface area contributed by atoms with E-state index in [-0.39, 0.29) is 12.1 Å². The van der Waals surface area contributed by atoms with Gasteiger partial charge in [0.15, 0.2) is 5.82 Å². The fourth-order valence-electron chi connectivity index (χ4n) is 1.99. The van der Waals surface area contributed by atoms with Gasteiger partial charge in [-0.05, 0) is 19.8 Å². The number of aromatic nitrogens is 2. The van der Waals surface area contributed by atoms with Crippen LogP contribution in [0.5, 0.6) is 0 Å². The molecule has 6 nitrogen and oxygen atoms in total. The average Bonchev–Trinajstić information content (AvgIpc) is 2.42. The predicted octanol–water partition coefficient (Wildman–Crippen LogP) is 1.65. The van der Waals surface area contributed by atoms with Crippen LogP contribution in [0.15, 0.2) is 12.4 Å². The maximum absolute atomic E-state index is 12.7. The van der Waals surface area contributed by atoms with Gasteiger partial charge in [-0.2, -0.15) is 0 Å². The molecular formula is C12H17FN4O2. The lowest BCUT2D eigenvalue weighted by Gasteiger charge is -2.31. The Labute approximate surface area is 111 Å². The van der Waals surface area contributed by atoms with Crippen LogP contribution in [0.3, 0.4) is 0 Å². The van der Waals surface area contributed by atoms with E-state index >= 15 is 0 Å². The summed E-state index contributed by atoms with van der Waals surface area (Å²) in [4.78, 5) is 20.9. The summed E-state index contributed by atoms with van der Waals surface area (Å²) in [6.07, 6.45) is 3.57. The van der Waals surface area contributed by atoms with Crippen LogP contribution in [-0.2, 0) is 4.74 Å². The number of hydrogen-bond donors (Lipinski definition) is 1. The molecule has 0 saturated carbocycles. The maximum Gasteiger partial charge on any atom is 0.409 e. The van der Waals surface area contributed by atoms with Gasteiger partial charge in [0.2, 0.25) is 5.95 Å². The lowest BCUT2D eigenvalue weighted by Crippen LogP contribution is -2.42. The summed E-state index contributed by atoms with van der Waals surface area (Å²) in [5, 5.41) is 3.13. The summed E-state index contributed by atoms with van der Waals surface area (Å²) in [7, 11) is 0. The SMILES string of the molecule is CCOC(=O)N1CCC(Nc2ncc(F)cn2)CC1. The molecule has 0 spiro atoms. The number of amides is 1. The Bertz CT molecular complexity index is 418. The lowest BCUT2D eigenvalue weighted by atomic mass is 10.1. The Morgan fingerprint density at radius 1 is 1.47 bits per heavy atom. The molecule has 0 radical (unpaired) electrons. The number of carbonyl (C=O) groups is 1. The van der Waals surface area contributed by atoms with Crippen molar-refractivity contribution in [1.82, 2.24) is 14.9 Å². The van der Waals surface area contributed by atoms with Crippen molar-refractivity contribution in [2.75, 3.05) is 25.0 Å². The van der Waals surface area contributed by atoms with Crippen LogP contribution in [0.1, 0.15) is 19.8 Å². The van der Waals surface area contributed by atoms with Gasteiger partial charge in [0, 0.05) is 19.1 Å². The number of ether oxygens (including phenoxy) is 1. The first-order chi connectivity index (χ1) is 9.19. The Morgan fingerprint density at radius 2 is 2.11 bits per heavy atom. The highest BCUT2D eigenvalue weighted by Crippen LogP contribution is 2.14. The highest BCUT2D eigenvalue weighted by atomic mass is 19.1. The minimum Gasteiger partial charge on any atom is -0.450 e. The molecule has 0 atom stereocenters. The fourth-order valence-corrected chi connectivity index (χ4v) is 1.99. The highest BCUT2D eigenvalue weighted by molar-refractivity contribution is 5.67. The van der Waals surface area contributed by atoms with Crippen molar-refractivity contribution in [3.63, 3.8) is 0 Å². The largest absolute Gasteiger partial charge is 0.450 e. The predicted molar refractivity (Wildman–Crippen MR) is 67.2 cm³/mol. The Balaban J connectivity index is 1.80. The van der Waals surface area contributed by atoms with E-state index in [0.29, 0.717) is 25.6 Å². The first kappa shape index (κ1) is 13.5. The topological polar surface area (TPSA) is 67.3 Å². The first-order valence-corrected chi connectivity index (χ1v) is 6.35. The molecule has 2 heterocycles. The zero-order valence-corrected chi connectivity index (χ0v) is 10.8. The summed E-state index contributed by atoms with van der Waals surface area (Å²) in [6.45, 7) is 3.45. The number of nitrogens with zero attached hydrogens (tertiary/aromatic N) is 3. The van der Waals surface area contributed by atoms with Gasteiger partial charge >= 0.3 is 6.09 Å². The van der Waals surface area contributed by atoms with Gasteiger partial charge in [-0.3, -0.25) is 0 Å². The molecule has 1 saturated heterocycles. The third-order valence-corrected chi connectivity index (χ3v) is 2.97.